The van der Waals surface area contributed by atoms with Gasteiger partial charge in [0.05, 0.1) is 90.6 Å². The zero-order chi connectivity index (χ0) is 67.2. The maximum absolute atomic E-state index is 14.9. The molecule has 8 aromatic rings. The summed E-state index contributed by atoms with van der Waals surface area (Å²) in [6.45, 7) is 15.5. The van der Waals surface area contributed by atoms with E-state index in [9.17, 15) is 19.2 Å². The highest BCUT2D eigenvalue weighted by Crippen LogP contribution is 2.36. The summed E-state index contributed by atoms with van der Waals surface area (Å²) >= 11 is 0. The van der Waals surface area contributed by atoms with E-state index in [0.29, 0.717) is 136 Å². The Kier molecular flexibility index (Phi) is 20.9. The van der Waals surface area contributed by atoms with Gasteiger partial charge in [-0.2, -0.15) is 0 Å². The maximum atomic E-state index is 14.9. The number of ether oxygens (including phenoxy) is 4. The van der Waals surface area contributed by atoms with Crippen LogP contribution in [-0.2, 0) is 44.9 Å². The van der Waals surface area contributed by atoms with Gasteiger partial charge >= 0.3 is 0 Å². The molecule has 16 heteroatoms. The molecule has 4 N–H and O–H groups in total. The summed E-state index contributed by atoms with van der Waals surface area (Å²) in [4.78, 5) is 79.9. The van der Waals surface area contributed by atoms with Gasteiger partial charge in [-0.25, -0.2) is 0 Å². The monoisotopic (exact) mass is 1280 g/mol. The van der Waals surface area contributed by atoms with Gasteiger partial charge in [-0.1, -0.05) is 97.1 Å². The van der Waals surface area contributed by atoms with Gasteiger partial charge in [0.25, 0.3) is 0 Å². The fourth-order valence-electron chi connectivity index (χ4n) is 12.2. The number of anilines is 4. The van der Waals surface area contributed by atoms with Crippen molar-refractivity contribution >= 4 is 91.5 Å². The molecule has 0 saturated carbocycles. The number of para-hydroxylation sites is 8. The SMILES string of the molecule is CC1=Nc2ccccc2NC(C)=C2C(=O)Cc3cccc(c3)OCCOc3cccc(c3)CC(=O)/C3=C(/C)Nc4ccccc4N=C(C)/C(=C(/C)Nc4ccccc4N=C3C)C(=O)Cc3cccc(c3)OCCOc3cccc(c3)CC(=O)C1=C(C)Nc1ccccc1N=C2C. The van der Waals surface area contributed by atoms with Crippen LogP contribution in [0.5, 0.6) is 23.0 Å². The van der Waals surface area contributed by atoms with E-state index < -0.39 is 0 Å². The van der Waals surface area contributed by atoms with Crippen molar-refractivity contribution in [1.82, 2.24) is 0 Å². The van der Waals surface area contributed by atoms with Crippen molar-refractivity contribution in [2.45, 2.75) is 81.1 Å². The highest BCUT2D eigenvalue weighted by atomic mass is 16.5. The van der Waals surface area contributed by atoms with Crippen LogP contribution in [0.2, 0.25) is 0 Å². The normalized spacial score (nSPS) is 17.5. The highest BCUT2D eigenvalue weighted by molar-refractivity contribution is 6.26. The van der Waals surface area contributed by atoms with Crippen LogP contribution in [-0.4, -0.2) is 72.4 Å². The van der Waals surface area contributed by atoms with Gasteiger partial charge in [0.15, 0.2) is 23.1 Å². The highest BCUT2D eigenvalue weighted by Gasteiger charge is 2.26. The molecule has 0 amide bonds. The van der Waals surface area contributed by atoms with E-state index in [2.05, 4.69) is 21.3 Å². The fraction of sp³-hybridized carbons (Fsp3) is 0.200. The molecule has 4 aliphatic rings. The quantitative estimate of drug-likeness (QED) is 0.112. The standard InChI is InChI=1S/C80H76N8O8/c1-49-77-50(2)82-67-31-11-12-32-68(67)84-52(4)78(51(3)83-66-30-10-9-29-65(66)81-49)74(90)46-58-22-18-26-62(42-58)95-39-40-96-64-28-20-24-60(44-64)48-76(92)80-55(7)87-71-35-15-13-33-69(71)85-53(5)79(54(6)86-70-34-14-16-36-72(70)88-56(80)8)75(91)47-59-23-19-27-63(43-59)94-38-37-93-61-25-17-21-57(41-61)45-73(77)89/h9-36,41-44,81,84-85,88H,37-40,45-48H2,1-8H3/b77-49-,78-52+,79-53?,80-56?,82-50?,83-51?,86-54?,87-55?. The Labute approximate surface area is 560 Å². The number of nitrogens with zero attached hydrogens (tertiary/aromatic N) is 4. The lowest BCUT2D eigenvalue weighted by Crippen LogP contribution is -2.19. The molecule has 4 heterocycles. The first kappa shape index (κ1) is 66.0. The largest absolute Gasteiger partial charge is 0.490 e. The Morgan fingerprint density at radius 2 is 0.479 bits per heavy atom. The number of hydrogen-bond acceptors (Lipinski definition) is 16. The van der Waals surface area contributed by atoms with Crippen LogP contribution in [0.4, 0.5) is 45.5 Å². The molecule has 0 fully saturated rings. The molecule has 484 valence electrons. The van der Waals surface area contributed by atoms with Crippen molar-refractivity contribution in [2.75, 3.05) is 47.7 Å². The van der Waals surface area contributed by atoms with E-state index in [4.69, 9.17) is 38.9 Å². The number of hydrogen-bond donors (Lipinski definition) is 4. The number of carbonyl (C=O) groups is 4. The van der Waals surface area contributed by atoms with Gasteiger partial charge in [-0.05, 0) is 175 Å². The van der Waals surface area contributed by atoms with Gasteiger partial charge < -0.3 is 40.2 Å². The van der Waals surface area contributed by atoms with Gasteiger partial charge in [0.1, 0.15) is 49.4 Å². The Bertz CT molecular complexity index is 4040. The third-order valence-corrected chi connectivity index (χ3v) is 16.4. The van der Waals surface area contributed by atoms with Crippen molar-refractivity contribution in [2.24, 2.45) is 20.0 Å². The zero-order valence-corrected chi connectivity index (χ0v) is 55.2. The minimum Gasteiger partial charge on any atom is -0.490 e. The Hall–Kier alpha value is -11.5. The molecule has 0 saturated heterocycles. The molecule has 0 unspecified atom stereocenters. The summed E-state index contributed by atoms with van der Waals surface area (Å²) in [7, 11) is 0. The number of Topliss-reactive ketones (excluding diaryl/α,β-unsaturated/α-hetero) is 4. The number of aliphatic imine (C=N–C) groups is 4. The van der Waals surface area contributed by atoms with Crippen LogP contribution in [0.3, 0.4) is 0 Å². The fourth-order valence-corrected chi connectivity index (χ4v) is 12.2. The number of carbonyl (C=O) groups excluding carboxylic acids is 4. The first-order valence-electron chi connectivity index (χ1n) is 32.0. The van der Waals surface area contributed by atoms with E-state index in [1.165, 1.54) is 0 Å². The number of fused-ring (bicyclic) bond motifs is 13. The second-order valence-corrected chi connectivity index (χ2v) is 23.7. The second-order valence-electron chi connectivity index (χ2n) is 23.7. The van der Waals surface area contributed by atoms with Crippen LogP contribution in [0.15, 0.2) is 259 Å². The minimum absolute atomic E-state index is 0.0378. The predicted octanol–water partition coefficient (Wildman–Crippen LogP) is 16.7. The number of benzene rings is 8. The number of nitrogens with one attached hydrogen (secondary N) is 4. The number of ketones is 4. The molecule has 96 heavy (non-hydrogen) atoms. The lowest BCUT2D eigenvalue weighted by molar-refractivity contribution is -0.115. The molecule has 8 aromatic carbocycles. The van der Waals surface area contributed by atoms with Crippen molar-refractivity contribution in [3.8, 4) is 23.0 Å². The Balaban J connectivity index is 0.936. The van der Waals surface area contributed by atoms with Gasteiger partial charge in [0.2, 0.25) is 0 Å². The van der Waals surface area contributed by atoms with E-state index >= 15 is 0 Å². The zero-order valence-electron chi connectivity index (χ0n) is 55.2. The Morgan fingerprint density at radius 3 is 0.698 bits per heavy atom. The number of rotatable bonds is 0. The van der Waals surface area contributed by atoms with Crippen molar-refractivity contribution in [3.05, 3.63) is 261 Å². The molecular weight excluding hydrogens is 1200 g/mol. The van der Waals surface area contributed by atoms with E-state index in [1.54, 1.807) is 0 Å². The average molecular weight is 1280 g/mol. The van der Waals surface area contributed by atoms with E-state index in [0.717, 1.165) is 22.3 Å². The molecule has 0 radical (unpaired) electrons. The maximum Gasteiger partial charge on any atom is 0.170 e. The summed E-state index contributed by atoms with van der Waals surface area (Å²) in [5.74, 6) is 1.55. The predicted molar refractivity (Wildman–Crippen MR) is 385 cm³/mol. The summed E-state index contributed by atoms with van der Waals surface area (Å²) < 4.78 is 25.0. The molecular formula is C80H76N8O8. The Morgan fingerprint density at radius 1 is 0.271 bits per heavy atom. The van der Waals surface area contributed by atoms with Crippen molar-refractivity contribution in [1.29, 1.82) is 0 Å². The summed E-state index contributed by atoms with van der Waals surface area (Å²) in [5, 5.41) is 14.0. The third kappa shape index (κ3) is 16.4. The van der Waals surface area contributed by atoms with Crippen LogP contribution in [0.1, 0.15) is 77.6 Å². The van der Waals surface area contributed by atoms with Gasteiger partial charge in [0, 0.05) is 48.5 Å². The second kappa shape index (κ2) is 30.5. The first-order valence-corrected chi connectivity index (χ1v) is 32.0. The molecule has 4 aliphatic heterocycles. The number of allylic oxidation sites excluding steroid dienone is 8. The lowest BCUT2D eigenvalue weighted by atomic mass is 9.97. The van der Waals surface area contributed by atoms with Crippen LogP contribution >= 0.6 is 0 Å². The van der Waals surface area contributed by atoms with Crippen LogP contribution in [0.25, 0.3) is 0 Å². The topological polar surface area (TPSA) is 203 Å². The molecule has 0 spiro atoms. The summed E-state index contributed by atoms with van der Waals surface area (Å²) in [6, 6.07) is 59.8. The molecule has 0 atom stereocenters. The minimum atomic E-state index is -0.173. The lowest BCUT2D eigenvalue weighted by Gasteiger charge is -2.19. The van der Waals surface area contributed by atoms with Crippen molar-refractivity contribution < 1.29 is 38.1 Å². The summed E-state index contributed by atoms with van der Waals surface area (Å²) in [6.07, 6.45) is 0.151. The average Bonchev–Trinajstić information content (AvgIpc) is 0.866. The smallest absolute Gasteiger partial charge is 0.170 e. The third-order valence-electron chi connectivity index (χ3n) is 16.4. The molecule has 0 aliphatic carbocycles. The molecule has 0 aromatic heterocycles. The summed E-state index contributed by atoms with van der Waals surface area (Å²) in [5.41, 5.74) is 13.4. The van der Waals surface area contributed by atoms with Crippen LogP contribution < -0.4 is 40.2 Å². The first-order chi connectivity index (χ1) is 46.5. The van der Waals surface area contributed by atoms with Crippen molar-refractivity contribution in [3.63, 3.8) is 0 Å². The van der Waals surface area contributed by atoms with Crippen LogP contribution in [0, 0.1) is 0 Å². The van der Waals surface area contributed by atoms with Gasteiger partial charge in [-0.3, -0.25) is 39.1 Å². The van der Waals surface area contributed by atoms with E-state index in [1.807, 2.05) is 250 Å². The van der Waals surface area contributed by atoms with Gasteiger partial charge in [-0.15, -0.1) is 0 Å². The molecule has 12 bridgehead atoms. The molecule has 16 nitrogen and oxygen atoms in total. The molecule has 12 rings (SSSR count). The van der Waals surface area contributed by atoms with E-state index in [-0.39, 0.29) is 75.2 Å².